The van der Waals surface area contributed by atoms with E-state index in [4.69, 9.17) is 4.74 Å². The summed E-state index contributed by atoms with van der Waals surface area (Å²) in [5.74, 6) is -0.350. The molecular weight excluding hydrogens is 296 g/mol. The van der Waals surface area contributed by atoms with Crippen LogP contribution in [0.5, 0.6) is 0 Å². The van der Waals surface area contributed by atoms with E-state index in [1.165, 1.54) is 0 Å². The molecule has 2 amide bonds. The second kappa shape index (κ2) is 7.18. The highest BCUT2D eigenvalue weighted by Crippen LogP contribution is 2.36. The molecule has 2 fully saturated rings. The first-order valence-electron chi connectivity index (χ1n) is 8.65. The van der Waals surface area contributed by atoms with Gasteiger partial charge in [0.05, 0.1) is 30.3 Å². The standard InChI is InChI=1S/C17H30N2O4/c1-12(2)14(20)19-16(7-8-16)11-23-9-13(3)15(21)18-10-17(22)5-4-6-17/h12-13,22H,4-11H2,1-3H3,(H,18,21)(H,19,20). The molecule has 0 aliphatic heterocycles. The molecule has 0 bridgehead atoms. The summed E-state index contributed by atoms with van der Waals surface area (Å²) >= 11 is 0. The topological polar surface area (TPSA) is 87.7 Å². The summed E-state index contributed by atoms with van der Waals surface area (Å²) in [5, 5.41) is 15.8. The van der Waals surface area contributed by atoms with Crippen LogP contribution >= 0.6 is 0 Å². The largest absolute Gasteiger partial charge is 0.388 e. The number of rotatable bonds is 9. The zero-order valence-electron chi connectivity index (χ0n) is 14.5. The lowest BCUT2D eigenvalue weighted by molar-refractivity contribution is -0.130. The van der Waals surface area contributed by atoms with Gasteiger partial charge in [-0.05, 0) is 32.1 Å². The van der Waals surface area contributed by atoms with Gasteiger partial charge in [-0.2, -0.15) is 0 Å². The van der Waals surface area contributed by atoms with Crippen LogP contribution in [0.25, 0.3) is 0 Å². The van der Waals surface area contributed by atoms with Gasteiger partial charge in [0, 0.05) is 12.5 Å². The van der Waals surface area contributed by atoms with Crippen LogP contribution in [0.4, 0.5) is 0 Å². The van der Waals surface area contributed by atoms with Crippen molar-refractivity contribution in [1.82, 2.24) is 10.6 Å². The second-order valence-corrected chi connectivity index (χ2v) is 7.64. The normalized spacial score (nSPS) is 22.1. The van der Waals surface area contributed by atoms with Crippen LogP contribution in [0, 0.1) is 11.8 Å². The number of hydrogen-bond acceptors (Lipinski definition) is 4. The van der Waals surface area contributed by atoms with Crippen molar-refractivity contribution >= 4 is 11.8 Å². The Hall–Kier alpha value is -1.14. The summed E-state index contributed by atoms with van der Waals surface area (Å²) in [4.78, 5) is 23.8. The first-order valence-corrected chi connectivity index (χ1v) is 8.65. The average Bonchev–Trinajstić information content (AvgIpc) is 3.22. The van der Waals surface area contributed by atoms with Crippen LogP contribution in [-0.2, 0) is 14.3 Å². The average molecular weight is 326 g/mol. The van der Waals surface area contributed by atoms with E-state index in [-0.39, 0.29) is 29.2 Å². The third-order valence-corrected chi connectivity index (χ3v) is 4.84. The number of aliphatic hydroxyl groups is 1. The first kappa shape index (κ1) is 18.2. The zero-order chi connectivity index (χ0) is 17.1. The maximum atomic E-state index is 12.0. The van der Waals surface area contributed by atoms with Gasteiger partial charge >= 0.3 is 0 Å². The Morgan fingerprint density at radius 1 is 1.13 bits per heavy atom. The number of amides is 2. The number of nitrogens with one attached hydrogen (secondary N) is 2. The first-order chi connectivity index (χ1) is 10.8. The third-order valence-electron chi connectivity index (χ3n) is 4.84. The summed E-state index contributed by atoms with van der Waals surface area (Å²) in [6.07, 6.45) is 4.40. The van der Waals surface area contributed by atoms with E-state index in [2.05, 4.69) is 10.6 Å². The summed E-state index contributed by atoms with van der Waals surface area (Å²) in [5.41, 5.74) is -0.923. The Balaban J connectivity index is 1.63. The fourth-order valence-electron chi connectivity index (χ4n) is 2.56. The maximum Gasteiger partial charge on any atom is 0.225 e. The highest BCUT2D eigenvalue weighted by molar-refractivity contribution is 5.79. The van der Waals surface area contributed by atoms with E-state index in [0.717, 1.165) is 32.1 Å². The van der Waals surface area contributed by atoms with E-state index in [9.17, 15) is 14.7 Å². The monoisotopic (exact) mass is 326 g/mol. The molecule has 2 aliphatic carbocycles. The van der Waals surface area contributed by atoms with Crippen LogP contribution in [-0.4, -0.2) is 47.8 Å². The lowest BCUT2D eigenvalue weighted by Crippen LogP contribution is -2.49. The van der Waals surface area contributed by atoms with Gasteiger partial charge in [0.1, 0.15) is 0 Å². The number of hydrogen-bond donors (Lipinski definition) is 3. The van der Waals surface area contributed by atoms with Crippen LogP contribution in [0.2, 0.25) is 0 Å². The summed E-state index contributed by atoms with van der Waals surface area (Å²) in [7, 11) is 0. The highest BCUT2D eigenvalue weighted by Gasteiger charge is 2.44. The minimum absolute atomic E-state index is 0.0329. The SMILES string of the molecule is CC(C)C(=O)NC1(COCC(C)C(=O)NCC2(O)CCC2)CC1. The van der Waals surface area contributed by atoms with Crippen molar-refractivity contribution in [3.63, 3.8) is 0 Å². The van der Waals surface area contributed by atoms with E-state index < -0.39 is 5.60 Å². The van der Waals surface area contributed by atoms with Crippen LogP contribution < -0.4 is 10.6 Å². The van der Waals surface area contributed by atoms with E-state index in [1.54, 1.807) is 0 Å². The van der Waals surface area contributed by atoms with Gasteiger partial charge in [-0.15, -0.1) is 0 Å². The molecule has 3 N–H and O–H groups in total. The predicted molar refractivity (Wildman–Crippen MR) is 86.7 cm³/mol. The highest BCUT2D eigenvalue weighted by atomic mass is 16.5. The molecule has 6 heteroatoms. The lowest BCUT2D eigenvalue weighted by Gasteiger charge is -2.36. The van der Waals surface area contributed by atoms with E-state index in [1.807, 2.05) is 20.8 Å². The van der Waals surface area contributed by atoms with E-state index >= 15 is 0 Å². The molecule has 132 valence electrons. The minimum atomic E-state index is -0.699. The Morgan fingerprint density at radius 2 is 1.78 bits per heavy atom. The molecule has 1 atom stereocenters. The Morgan fingerprint density at radius 3 is 2.26 bits per heavy atom. The molecule has 1 unspecified atom stereocenters. The van der Waals surface area contributed by atoms with Crippen LogP contribution in [0.1, 0.15) is 52.9 Å². The Labute approximate surface area is 138 Å². The smallest absolute Gasteiger partial charge is 0.225 e. The van der Waals surface area contributed by atoms with Crippen LogP contribution in [0.3, 0.4) is 0 Å². The molecular formula is C17H30N2O4. The second-order valence-electron chi connectivity index (χ2n) is 7.64. The van der Waals surface area contributed by atoms with Crippen molar-refractivity contribution in [3.05, 3.63) is 0 Å². The van der Waals surface area contributed by atoms with Gasteiger partial charge in [-0.25, -0.2) is 0 Å². The van der Waals surface area contributed by atoms with Gasteiger partial charge in [0.15, 0.2) is 0 Å². The van der Waals surface area contributed by atoms with Crippen molar-refractivity contribution in [3.8, 4) is 0 Å². The summed E-state index contributed by atoms with van der Waals surface area (Å²) < 4.78 is 5.66. The molecule has 0 spiro atoms. The number of carbonyl (C=O) groups excluding carboxylic acids is 2. The van der Waals surface area contributed by atoms with Crippen molar-refractivity contribution in [1.29, 1.82) is 0 Å². The Kier molecular flexibility index (Phi) is 5.68. The molecule has 0 radical (unpaired) electrons. The summed E-state index contributed by atoms with van der Waals surface area (Å²) in [6, 6.07) is 0. The zero-order valence-corrected chi connectivity index (χ0v) is 14.5. The Bertz CT molecular complexity index is 442. The van der Waals surface area contributed by atoms with Crippen molar-refractivity contribution in [2.45, 2.75) is 64.0 Å². The van der Waals surface area contributed by atoms with Gasteiger partial charge in [0.2, 0.25) is 11.8 Å². The molecule has 2 rings (SSSR count). The van der Waals surface area contributed by atoms with E-state index in [0.29, 0.717) is 19.8 Å². The summed E-state index contributed by atoms with van der Waals surface area (Å²) in [6.45, 7) is 6.65. The van der Waals surface area contributed by atoms with Gasteiger partial charge in [-0.3, -0.25) is 9.59 Å². The lowest BCUT2D eigenvalue weighted by atomic mass is 9.80. The quantitative estimate of drug-likeness (QED) is 0.589. The molecule has 0 aromatic carbocycles. The molecule has 6 nitrogen and oxygen atoms in total. The van der Waals surface area contributed by atoms with Gasteiger partial charge in [0.25, 0.3) is 0 Å². The maximum absolute atomic E-state index is 12.0. The van der Waals surface area contributed by atoms with Gasteiger partial charge < -0.3 is 20.5 Å². The molecule has 0 saturated heterocycles. The third kappa shape index (κ3) is 5.18. The molecule has 2 aliphatic rings. The minimum Gasteiger partial charge on any atom is -0.388 e. The van der Waals surface area contributed by atoms with Crippen molar-refractivity contribution in [2.24, 2.45) is 11.8 Å². The predicted octanol–water partition coefficient (Wildman–Crippen LogP) is 0.975. The van der Waals surface area contributed by atoms with Crippen LogP contribution in [0.15, 0.2) is 0 Å². The fraction of sp³-hybridized carbons (Fsp3) is 0.882. The van der Waals surface area contributed by atoms with Crippen molar-refractivity contribution in [2.75, 3.05) is 19.8 Å². The van der Waals surface area contributed by atoms with Gasteiger partial charge in [-0.1, -0.05) is 20.8 Å². The van der Waals surface area contributed by atoms with Crippen molar-refractivity contribution < 1.29 is 19.4 Å². The molecule has 0 aromatic heterocycles. The molecule has 0 heterocycles. The molecule has 0 aromatic rings. The fourth-order valence-corrected chi connectivity index (χ4v) is 2.56. The molecule has 2 saturated carbocycles. The number of ether oxygens (including phenoxy) is 1. The molecule has 23 heavy (non-hydrogen) atoms. The number of carbonyl (C=O) groups is 2.